The van der Waals surface area contributed by atoms with E-state index in [2.05, 4.69) is 30.8 Å². The fourth-order valence-electron chi connectivity index (χ4n) is 6.74. The molecule has 1 aliphatic heterocycles. The van der Waals surface area contributed by atoms with Crippen LogP contribution < -0.4 is 4.74 Å². The summed E-state index contributed by atoms with van der Waals surface area (Å²) < 4.78 is 24.6. The topological polar surface area (TPSA) is 120 Å². The average Bonchev–Trinajstić information content (AvgIpc) is 3.19. The van der Waals surface area contributed by atoms with Crippen LogP contribution in [0.4, 0.5) is 0 Å². The fraction of sp³-hybridized carbons (Fsp3) is 0.714. The van der Waals surface area contributed by atoms with Crippen LogP contribution in [0.15, 0.2) is 23.3 Å². The van der Waals surface area contributed by atoms with Gasteiger partial charge in [0.15, 0.2) is 0 Å². The highest BCUT2D eigenvalue weighted by Crippen LogP contribution is 2.66. The molecular weight excluding hydrogens is 485 g/mol. The standard InChI is InChI=1S/C28H40BN3O6/c1-26(2,3)36-25(34)21-10-8-9-17(24(21)35-7)13-19(16-20(33)11-12-31-32-30)29-37-23-15-18-14-22(27(18,4)5)28(23,6)38-29/h8-10,18-19,22-23H,11-16H2,1-7H3/t18-,19+,22-,23+,28-/m0/s1. The summed E-state index contributed by atoms with van der Waals surface area (Å²) in [7, 11) is 0.957. The van der Waals surface area contributed by atoms with E-state index in [4.69, 9.17) is 24.3 Å². The van der Waals surface area contributed by atoms with Crippen LogP contribution in [0.5, 0.6) is 5.75 Å². The third kappa shape index (κ3) is 5.44. The van der Waals surface area contributed by atoms with Gasteiger partial charge in [-0.15, -0.1) is 0 Å². The number of carbonyl (C=O) groups excluding carboxylic acids is 2. The minimum atomic E-state index is -0.648. The fourth-order valence-corrected chi connectivity index (χ4v) is 6.74. The Morgan fingerprint density at radius 3 is 2.63 bits per heavy atom. The van der Waals surface area contributed by atoms with Gasteiger partial charge in [0, 0.05) is 30.1 Å². The lowest BCUT2D eigenvalue weighted by Crippen LogP contribution is -2.65. The molecule has 206 valence electrons. The van der Waals surface area contributed by atoms with Gasteiger partial charge in [-0.25, -0.2) is 4.79 Å². The molecule has 2 bridgehead atoms. The molecule has 4 aliphatic rings. The quantitative estimate of drug-likeness (QED) is 0.122. The molecule has 3 saturated carbocycles. The highest BCUT2D eigenvalue weighted by atomic mass is 16.7. The molecule has 1 saturated heterocycles. The van der Waals surface area contributed by atoms with Crippen molar-refractivity contribution in [3.63, 3.8) is 0 Å². The Bertz CT molecular complexity index is 1130. The minimum Gasteiger partial charge on any atom is -0.496 e. The molecule has 1 aromatic rings. The first-order valence-electron chi connectivity index (χ1n) is 13.5. The lowest BCUT2D eigenvalue weighted by molar-refractivity contribution is -0.199. The van der Waals surface area contributed by atoms with Crippen LogP contribution in [0.1, 0.15) is 83.1 Å². The molecule has 38 heavy (non-hydrogen) atoms. The Hall–Kier alpha value is -2.55. The number of rotatable bonds is 10. The van der Waals surface area contributed by atoms with Crippen molar-refractivity contribution in [2.45, 2.75) is 96.8 Å². The average molecular weight is 525 g/mol. The van der Waals surface area contributed by atoms with Crippen molar-refractivity contribution in [2.75, 3.05) is 13.7 Å². The number of hydrogen-bond donors (Lipinski definition) is 0. The molecule has 9 nitrogen and oxygen atoms in total. The van der Waals surface area contributed by atoms with Gasteiger partial charge in [-0.1, -0.05) is 31.1 Å². The van der Waals surface area contributed by atoms with Crippen molar-refractivity contribution < 1.29 is 28.4 Å². The second-order valence-corrected chi connectivity index (χ2v) is 12.7. The van der Waals surface area contributed by atoms with Crippen LogP contribution in [0, 0.1) is 17.3 Å². The van der Waals surface area contributed by atoms with E-state index in [0.717, 1.165) is 18.4 Å². The lowest BCUT2D eigenvalue weighted by Gasteiger charge is -2.64. The molecule has 5 rings (SSSR count). The monoisotopic (exact) mass is 525 g/mol. The highest BCUT2D eigenvalue weighted by Gasteiger charge is 2.68. The summed E-state index contributed by atoms with van der Waals surface area (Å²) in [6, 6.07) is 5.38. The number of methoxy groups -OCH3 is 1. The van der Waals surface area contributed by atoms with E-state index in [9.17, 15) is 9.59 Å². The lowest BCUT2D eigenvalue weighted by atomic mass is 9.43. The third-order valence-electron chi connectivity index (χ3n) is 8.80. The Balaban J connectivity index is 1.60. The number of nitrogens with zero attached hydrogens (tertiary/aromatic N) is 3. The first kappa shape index (κ1) is 28.5. The zero-order valence-electron chi connectivity index (χ0n) is 23.7. The van der Waals surface area contributed by atoms with Gasteiger partial charge in [0.2, 0.25) is 0 Å². The van der Waals surface area contributed by atoms with Crippen molar-refractivity contribution in [2.24, 2.45) is 22.4 Å². The number of para-hydroxylation sites is 1. The zero-order chi connectivity index (χ0) is 27.9. The first-order valence-corrected chi connectivity index (χ1v) is 13.5. The molecular formula is C28H40BN3O6. The number of hydrogen-bond acceptors (Lipinski definition) is 7. The molecule has 5 atom stereocenters. The molecule has 0 unspecified atom stereocenters. The van der Waals surface area contributed by atoms with Gasteiger partial charge < -0.3 is 18.8 Å². The maximum atomic E-state index is 12.9. The molecule has 0 radical (unpaired) electrons. The van der Waals surface area contributed by atoms with E-state index in [-0.39, 0.29) is 42.5 Å². The van der Waals surface area contributed by atoms with Gasteiger partial charge in [0.25, 0.3) is 0 Å². The van der Waals surface area contributed by atoms with Gasteiger partial charge in [-0.2, -0.15) is 0 Å². The minimum absolute atomic E-state index is 0.0138. The van der Waals surface area contributed by atoms with Crippen molar-refractivity contribution in [3.05, 3.63) is 39.8 Å². The van der Waals surface area contributed by atoms with Crippen LogP contribution in [0.25, 0.3) is 10.4 Å². The molecule has 0 amide bonds. The van der Waals surface area contributed by atoms with E-state index < -0.39 is 24.3 Å². The smallest absolute Gasteiger partial charge is 0.461 e. The van der Waals surface area contributed by atoms with E-state index in [0.29, 0.717) is 29.6 Å². The molecule has 3 aliphatic carbocycles. The Morgan fingerprint density at radius 1 is 1.26 bits per heavy atom. The molecule has 4 fully saturated rings. The van der Waals surface area contributed by atoms with Crippen LogP contribution in [-0.4, -0.2) is 49.8 Å². The number of ether oxygens (including phenoxy) is 2. The summed E-state index contributed by atoms with van der Waals surface area (Å²) >= 11 is 0. The third-order valence-corrected chi connectivity index (χ3v) is 8.80. The Labute approximate surface area is 225 Å². The predicted molar refractivity (Wildman–Crippen MR) is 144 cm³/mol. The highest BCUT2D eigenvalue weighted by molar-refractivity contribution is 6.48. The molecule has 0 spiro atoms. The molecule has 1 aromatic carbocycles. The molecule has 10 heteroatoms. The first-order chi connectivity index (χ1) is 17.8. The molecule has 0 aromatic heterocycles. The van der Waals surface area contributed by atoms with Gasteiger partial charge >= 0.3 is 13.1 Å². The largest absolute Gasteiger partial charge is 0.496 e. The zero-order valence-corrected chi connectivity index (χ0v) is 23.7. The summed E-state index contributed by atoms with van der Waals surface area (Å²) in [5.74, 6) is 0.642. The van der Waals surface area contributed by atoms with Gasteiger partial charge in [-0.3, -0.25) is 4.79 Å². The summed E-state index contributed by atoms with van der Waals surface area (Å²) in [4.78, 5) is 28.6. The van der Waals surface area contributed by atoms with Crippen LogP contribution in [0.3, 0.4) is 0 Å². The molecule has 0 N–H and O–H groups in total. The van der Waals surface area contributed by atoms with Crippen LogP contribution in [0.2, 0.25) is 5.82 Å². The van der Waals surface area contributed by atoms with Gasteiger partial charge in [0.05, 0.1) is 18.8 Å². The summed E-state index contributed by atoms with van der Waals surface area (Å²) in [5.41, 5.74) is 8.87. The van der Waals surface area contributed by atoms with Crippen molar-refractivity contribution >= 4 is 18.9 Å². The van der Waals surface area contributed by atoms with E-state index in [1.807, 2.05) is 26.8 Å². The number of esters is 1. The second kappa shape index (κ2) is 10.6. The van der Waals surface area contributed by atoms with E-state index in [1.165, 1.54) is 7.11 Å². The maximum absolute atomic E-state index is 12.9. The summed E-state index contributed by atoms with van der Waals surface area (Å²) in [5, 5.41) is 3.52. The summed E-state index contributed by atoms with van der Waals surface area (Å²) in [6.07, 6.45) is 2.84. The van der Waals surface area contributed by atoms with Gasteiger partial charge in [-0.05, 0) is 81.4 Å². The van der Waals surface area contributed by atoms with Crippen molar-refractivity contribution in [3.8, 4) is 5.75 Å². The summed E-state index contributed by atoms with van der Waals surface area (Å²) in [6.45, 7) is 12.4. The Kier molecular flexibility index (Phi) is 7.90. The number of benzene rings is 1. The van der Waals surface area contributed by atoms with Crippen LogP contribution in [-0.2, 0) is 25.3 Å². The predicted octanol–water partition coefficient (Wildman–Crippen LogP) is 5.95. The van der Waals surface area contributed by atoms with Crippen molar-refractivity contribution in [1.82, 2.24) is 0 Å². The molecule has 1 heterocycles. The number of Topliss-reactive ketones (excluding diaryl/α,β-unsaturated/α-hetero) is 1. The van der Waals surface area contributed by atoms with Crippen molar-refractivity contribution in [1.29, 1.82) is 0 Å². The normalized spacial score (nSPS) is 28.0. The SMILES string of the molecule is COc1c(C[C@H](CC(=O)CCN=[N+]=[N-])B2O[C@@H]3C[C@@H]4C[C@@H](C4(C)C)[C@]3(C)O2)cccc1C(=O)OC(C)(C)C. The van der Waals surface area contributed by atoms with E-state index in [1.54, 1.807) is 12.1 Å². The van der Waals surface area contributed by atoms with E-state index >= 15 is 0 Å². The van der Waals surface area contributed by atoms with Gasteiger partial charge in [0.1, 0.15) is 22.7 Å². The number of azide groups is 1. The number of carbonyl (C=O) groups is 2. The Morgan fingerprint density at radius 2 is 2.00 bits per heavy atom. The second-order valence-electron chi connectivity index (χ2n) is 12.7. The van der Waals surface area contributed by atoms with Crippen LogP contribution >= 0.6 is 0 Å². The maximum Gasteiger partial charge on any atom is 0.461 e. The number of ketones is 1.